The lowest BCUT2D eigenvalue weighted by atomic mass is 10.2. The molecule has 0 fully saturated rings. The number of hydrogen-bond donors (Lipinski definition) is 1. The van der Waals surface area contributed by atoms with Crippen molar-refractivity contribution < 1.29 is 4.79 Å². The Morgan fingerprint density at radius 2 is 2.10 bits per heavy atom. The quantitative estimate of drug-likeness (QED) is 0.590. The minimum absolute atomic E-state index is 0.0221. The van der Waals surface area contributed by atoms with Crippen LogP contribution in [0.5, 0.6) is 0 Å². The standard InChI is InChI=1S/C15H19N3OS2/c1-2-3-9-13(19)16-14-17-18-15(21-14)20-11-10-12-7-5-4-6-8-12/h4-8H,2-3,9-11H2,1H3,(H,16,17,19). The summed E-state index contributed by atoms with van der Waals surface area (Å²) >= 11 is 3.11. The van der Waals surface area contributed by atoms with E-state index < -0.39 is 0 Å². The van der Waals surface area contributed by atoms with Crippen molar-refractivity contribution in [2.24, 2.45) is 0 Å². The summed E-state index contributed by atoms with van der Waals surface area (Å²) < 4.78 is 0.900. The Bertz CT molecular complexity index is 557. The summed E-state index contributed by atoms with van der Waals surface area (Å²) in [4.78, 5) is 11.6. The van der Waals surface area contributed by atoms with Crippen molar-refractivity contribution in [2.75, 3.05) is 11.1 Å². The molecule has 0 saturated heterocycles. The van der Waals surface area contributed by atoms with Gasteiger partial charge >= 0.3 is 0 Å². The molecule has 1 heterocycles. The number of carbonyl (C=O) groups excluding carboxylic acids is 1. The van der Waals surface area contributed by atoms with Crippen molar-refractivity contribution in [1.29, 1.82) is 0 Å². The van der Waals surface area contributed by atoms with Gasteiger partial charge in [-0.25, -0.2) is 0 Å². The van der Waals surface area contributed by atoms with Crippen LogP contribution in [-0.2, 0) is 11.2 Å². The van der Waals surface area contributed by atoms with E-state index in [0.29, 0.717) is 11.6 Å². The van der Waals surface area contributed by atoms with Gasteiger partial charge in [0.05, 0.1) is 0 Å². The zero-order valence-electron chi connectivity index (χ0n) is 12.0. The van der Waals surface area contributed by atoms with Gasteiger partial charge in [0.15, 0.2) is 4.34 Å². The number of unbranched alkanes of at least 4 members (excludes halogenated alkanes) is 1. The number of benzene rings is 1. The number of nitrogens with zero attached hydrogens (tertiary/aromatic N) is 2. The van der Waals surface area contributed by atoms with Crippen LogP contribution in [0.25, 0.3) is 0 Å². The highest BCUT2D eigenvalue weighted by Crippen LogP contribution is 2.26. The highest BCUT2D eigenvalue weighted by Gasteiger charge is 2.08. The van der Waals surface area contributed by atoms with Gasteiger partial charge in [-0.1, -0.05) is 66.8 Å². The maximum atomic E-state index is 11.6. The molecule has 0 aliphatic rings. The second-order valence-corrected chi connectivity index (χ2v) is 6.93. The summed E-state index contributed by atoms with van der Waals surface area (Å²) in [6.07, 6.45) is 3.48. The third-order valence-electron chi connectivity index (χ3n) is 2.87. The topological polar surface area (TPSA) is 54.9 Å². The molecule has 0 radical (unpaired) electrons. The number of aromatic nitrogens is 2. The first-order valence-electron chi connectivity index (χ1n) is 7.08. The van der Waals surface area contributed by atoms with E-state index >= 15 is 0 Å². The SMILES string of the molecule is CCCCC(=O)Nc1nnc(SCCc2ccccc2)s1. The van der Waals surface area contributed by atoms with Crippen molar-refractivity contribution >= 4 is 34.1 Å². The zero-order valence-corrected chi connectivity index (χ0v) is 13.7. The Morgan fingerprint density at radius 1 is 1.29 bits per heavy atom. The van der Waals surface area contributed by atoms with Crippen LogP contribution in [0.2, 0.25) is 0 Å². The fourth-order valence-electron chi connectivity index (χ4n) is 1.74. The molecule has 2 aromatic rings. The highest BCUT2D eigenvalue weighted by molar-refractivity contribution is 8.01. The number of aryl methyl sites for hydroxylation is 1. The number of carbonyl (C=O) groups is 1. The molecule has 0 unspecified atom stereocenters. The second-order valence-electron chi connectivity index (χ2n) is 4.61. The summed E-state index contributed by atoms with van der Waals surface area (Å²) in [6, 6.07) is 10.4. The van der Waals surface area contributed by atoms with E-state index in [4.69, 9.17) is 0 Å². The third-order valence-corrected chi connectivity index (χ3v) is 4.84. The van der Waals surface area contributed by atoms with Crippen LogP contribution >= 0.6 is 23.1 Å². The van der Waals surface area contributed by atoms with Crippen LogP contribution in [0, 0.1) is 0 Å². The molecular weight excluding hydrogens is 302 g/mol. The Hall–Kier alpha value is -1.40. The number of rotatable bonds is 8. The lowest BCUT2D eigenvalue weighted by molar-refractivity contribution is -0.116. The van der Waals surface area contributed by atoms with Crippen LogP contribution in [-0.4, -0.2) is 21.9 Å². The molecule has 112 valence electrons. The number of amides is 1. The first-order chi connectivity index (χ1) is 10.3. The van der Waals surface area contributed by atoms with Crippen LogP contribution in [0.15, 0.2) is 34.7 Å². The van der Waals surface area contributed by atoms with Gasteiger partial charge in [-0.05, 0) is 18.4 Å². The van der Waals surface area contributed by atoms with Crippen LogP contribution in [0.4, 0.5) is 5.13 Å². The molecule has 0 atom stereocenters. The normalized spacial score (nSPS) is 10.5. The first kappa shape index (κ1) is 16.0. The van der Waals surface area contributed by atoms with Crippen molar-refractivity contribution in [1.82, 2.24) is 10.2 Å². The van der Waals surface area contributed by atoms with Crippen molar-refractivity contribution in [2.45, 2.75) is 36.9 Å². The van der Waals surface area contributed by atoms with Gasteiger partial charge in [-0.15, -0.1) is 10.2 Å². The van der Waals surface area contributed by atoms with E-state index in [-0.39, 0.29) is 5.91 Å². The van der Waals surface area contributed by atoms with E-state index in [0.717, 1.165) is 29.4 Å². The molecule has 21 heavy (non-hydrogen) atoms. The van der Waals surface area contributed by atoms with Gasteiger partial charge in [0.1, 0.15) is 0 Å². The molecule has 4 nitrogen and oxygen atoms in total. The summed E-state index contributed by atoms with van der Waals surface area (Å²) in [5.74, 6) is 0.983. The predicted octanol–water partition coefficient (Wildman–Crippen LogP) is 4.00. The third kappa shape index (κ3) is 5.85. The van der Waals surface area contributed by atoms with E-state index in [1.165, 1.54) is 16.9 Å². The lowest BCUT2D eigenvalue weighted by Gasteiger charge is -1.99. The Labute approximate surface area is 133 Å². The number of anilines is 1. The van der Waals surface area contributed by atoms with Crippen molar-refractivity contribution in [3.63, 3.8) is 0 Å². The van der Waals surface area contributed by atoms with Crippen molar-refractivity contribution in [3.05, 3.63) is 35.9 Å². The molecule has 1 N–H and O–H groups in total. The van der Waals surface area contributed by atoms with Crippen molar-refractivity contribution in [3.8, 4) is 0 Å². The fourth-order valence-corrected chi connectivity index (χ4v) is 3.57. The minimum Gasteiger partial charge on any atom is -0.301 e. The largest absolute Gasteiger partial charge is 0.301 e. The minimum atomic E-state index is 0.0221. The maximum absolute atomic E-state index is 11.6. The molecule has 1 amide bonds. The van der Waals surface area contributed by atoms with Gasteiger partial charge in [-0.3, -0.25) is 4.79 Å². The molecule has 0 aliphatic heterocycles. The molecule has 0 spiro atoms. The number of nitrogens with one attached hydrogen (secondary N) is 1. The maximum Gasteiger partial charge on any atom is 0.226 e. The average Bonchev–Trinajstić information content (AvgIpc) is 2.93. The van der Waals surface area contributed by atoms with Gasteiger partial charge in [0, 0.05) is 12.2 Å². The number of thioether (sulfide) groups is 1. The summed E-state index contributed by atoms with van der Waals surface area (Å²) in [5.41, 5.74) is 1.32. The molecule has 1 aromatic carbocycles. The van der Waals surface area contributed by atoms with Crippen LogP contribution in [0.3, 0.4) is 0 Å². The molecule has 2 rings (SSSR count). The summed E-state index contributed by atoms with van der Waals surface area (Å²) in [5, 5.41) is 11.5. The smallest absolute Gasteiger partial charge is 0.226 e. The van der Waals surface area contributed by atoms with Crippen LogP contribution in [0.1, 0.15) is 31.7 Å². The van der Waals surface area contributed by atoms with Gasteiger partial charge < -0.3 is 5.32 Å². The predicted molar refractivity (Wildman–Crippen MR) is 88.9 cm³/mol. The molecule has 6 heteroatoms. The Kier molecular flexibility index (Phi) is 6.69. The van der Waals surface area contributed by atoms with E-state index in [2.05, 4.69) is 46.7 Å². The Morgan fingerprint density at radius 3 is 2.86 bits per heavy atom. The van der Waals surface area contributed by atoms with Gasteiger partial charge in [0.2, 0.25) is 11.0 Å². The molecule has 0 aliphatic carbocycles. The molecule has 0 bridgehead atoms. The van der Waals surface area contributed by atoms with E-state index in [1.54, 1.807) is 11.8 Å². The fraction of sp³-hybridized carbons (Fsp3) is 0.400. The average molecular weight is 321 g/mol. The van der Waals surface area contributed by atoms with Gasteiger partial charge in [-0.2, -0.15) is 0 Å². The second kappa shape index (κ2) is 8.79. The monoisotopic (exact) mass is 321 g/mol. The molecule has 0 saturated carbocycles. The Balaban J connectivity index is 1.74. The lowest BCUT2D eigenvalue weighted by Crippen LogP contribution is -2.10. The first-order valence-corrected chi connectivity index (χ1v) is 8.88. The van der Waals surface area contributed by atoms with E-state index in [9.17, 15) is 4.79 Å². The van der Waals surface area contributed by atoms with E-state index in [1.807, 2.05) is 6.07 Å². The molecule has 1 aromatic heterocycles. The highest BCUT2D eigenvalue weighted by atomic mass is 32.2. The van der Waals surface area contributed by atoms with Crippen LogP contribution < -0.4 is 5.32 Å². The van der Waals surface area contributed by atoms with Gasteiger partial charge in [0.25, 0.3) is 0 Å². The number of hydrogen-bond acceptors (Lipinski definition) is 5. The summed E-state index contributed by atoms with van der Waals surface area (Å²) in [7, 11) is 0. The zero-order chi connectivity index (χ0) is 14.9. The summed E-state index contributed by atoms with van der Waals surface area (Å²) in [6.45, 7) is 2.07. The molecular formula is C15H19N3OS2.